The molecule has 1 N–H and O–H groups in total. The Morgan fingerprint density at radius 3 is 2.34 bits per heavy atom. The van der Waals surface area contributed by atoms with Gasteiger partial charge in [-0.15, -0.1) is 0 Å². The summed E-state index contributed by atoms with van der Waals surface area (Å²) in [6.07, 6.45) is 0. The molecule has 2 aromatic carbocycles. The summed E-state index contributed by atoms with van der Waals surface area (Å²) in [4.78, 5) is 50.5. The molecule has 7 nitrogen and oxygen atoms in total. The molecule has 0 fully saturated rings. The van der Waals surface area contributed by atoms with E-state index in [4.69, 9.17) is 16.3 Å². The lowest BCUT2D eigenvalue weighted by Gasteiger charge is -2.20. The van der Waals surface area contributed by atoms with Crippen LogP contribution in [-0.4, -0.2) is 35.8 Å². The number of nitrogens with one attached hydrogen (secondary N) is 1. The molecule has 0 radical (unpaired) electrons. The lowest BCUT2D eigenvalue weighted by Crippen LogP contribution is -2.42. The largest absolute Gasteiger partial charge is 0.452 e. The van der Waals surface area contributed by atoms with Crippen molar-refractivity contribution in [2.24, 2.45) is 0 Å². The van der Waals surface area contributed by atoms with Crippen LogP contribution in [0.2, 0.25) is 5.02 Å². The van der Waals surface area contributed by atoms with Crippen LogP contribution in [0.4, 0.5) is 5.69 Å². The van der Waals surface area contributed by atoms with Gasteiger partial charge in [-0.3, -0.25) is 14.4 Å². The van der Waals surface area contributed by atoms with Gasteiger partial charge in [-0.05, 0) is 51.1 Å². The number of rotatable bonds is 4. The van der Waals surface area contributed by atoms with E-state index in [1.54, 1.807) is 45.0 Å². The molecule has 3 amide bonds. The minimum absolute atomic E-state index is 0.0643. The molecule has 0 spiro atoms. The first-order valence-electron chi connectivity index (χ1n) is 8.84. The number of nitrogens with zero attached hydrogens (tertiary/aromatic N) is 1. The number of ether oxygens (including phenoxy) is 1. The molecule has 1 heterocycles. The summed E-state index contributed by atoms with van der Waals surface area (Å²) in [7, 11) is 0. The highest BCUT2D eigenvalue weighted by molar-refractivity contribution is 6.39. The van der Waals surface area contributed by atoms with E-state index in [2.05, 4.69) is 5.32 Å². The summed E-state index contributed by atoms with van der Waals surface area (Å²) in [5.74, 6) is -2.32. The minimum Gasteiger partial charge on any atom is -0.452 e. The second kappa shape index (κ2) is 7.67. The van der Waals surface area contributed by atoms with Crippen molar-refractivity contribution in [2.75, 3.05) is 11.5 Å². The van der Waals surface area contributed by atoms with Gasteiger partial charge in [-0.1, -0.05) is 23.7 Å². The molecule has 3 rings (SSSR count). The van der Waals surface area contributed by atoms with Gasteiger partial charge in [0.25, 0.3) is 17.7 Å². The van der Waals surface area contributed by atoms with Crippen LogP contribution in [0.25, 0.3) is 0 Å². The Hall–Kier alpha value is -3.19. The third kappa shape index (κ3) is 4.30. The molecule has 0 saturated heterocycles. The molecule has 1 aliphatic rings. The Morgan fingerprint density at radius 1 is 1.03 bits per heavy atom. The SMILES string of the molecule is CC(C)(C)NC(=O)COC(=O)c1ccc2c(c1)C(=O)N(c1ccccc1Cl)C2=O. The molecule has 8 heteroatoms. The average Bonchev–Trinajstić information content (AvgIpc) is 2.89. The Balaban J connectivity index is 1.79. The van der Waals surface area contributed by atoms with Gasteiger partial charge in [0.15, 0.2) is 6.61 Å². The Bertz CT molecular complexity index is 1030. The van der Waals surface area contributed by atoms with E-state index in [1.165, 1.54) is 18.2 Å². The molecular weight excluding hydrogens is 396 g/mol. The zero-order valence-electron chi connectivity index (χ0n) is 16.1. The zero-order chi connectivity index (χ0) is 21.3. The summed E-state index contributed by atoms with van der Waals surface area (Å²) in [6.45, 7) is 4.97. The molecule has 150 valence electrons. The van der Waals surface area contributed by atoms with Gasteiger partial charge in [-0.2, -0.15) is 0 Å². The molecule has 0 aromatic heterocycles. The number of fused-ring (bicyclic) bond motifs is 1. The fourth-order valence-electron chi connectivity index (χ4n) is 2.89. The van der Waals surface area contributed by atoms with Crippen molar-refractivity contribution in [3.8, 4) is 0 Å². The van der Waals surface area contributed by atoms with Crippen LogP contribution in [0.15, 0.2) is 42.5 Å². The van der Waals surface area contributed by atoms with Crippen LogP contribution in [0, 0.1) is 0 Å². The molecule has 0 unspecified atom stereocenters. The van der Waals surface area contributed by atoms with Crippen molar-refractivity contribution >= 4 is 41.0 Å². The highest BCUT2D eigenvalue weighted by Gasteiger charge is 2.38. The molecule has 0 saturated carbocycles. The van der Waals surface area contributed by atoms with Gasteiger partial charge >= 0.3 is 5.97 Å². The number of carbonyl (C=O) groups is 4. The van der Waals surface area contributed by atoms with Crippen molar-refractivity contribution in [1.82, 2.24) is 5.32 Å². The predicted molar refractivity (Wildman–Crippen MR) is 107 cm³/mol. The normalized spacial score (nSPS) is 13.3. The van der Waals surface area contributed by atoms with E-state index in [1.807, 2.05) is 0 Å². The maximum absolute atomic E-state index is 12.8. The number of para-hydroxylation sites is 1. The first kappa shape index (κ1) is 20.5. The third-order valence-electron chi connectivity index (χ3n) is 4.06. The number of imide groups is 1. The first-order chi connectivity index (χ1) is 13.6. The van der Waals surface area contributed by atoms with E-state index < -0.39 is 35.8 Å². The molecule has 2 aromatic rings. The Kier molecular flexibility index (Phi) is 5.44. The van der Waals surface area contributed by atoms with E-state index in [-0.39, 0.29) is 27.4 Å². The summed E-state index contributed by atoms with van der Waals surface area (Å²) in [6, 6.07) is 10.5. The number of anilines is 1. The molecule has 0 atom stereocenters. The number of amides is 3. The second-order valence-electron chi connectivity index (χ2n) is 7.53. The maximum atomic E-state index is 12.8. The maximum Gasteiger partial charge on any atom is 0.338 e. The van der Waals surface area contributed by atoms with Crippen molar-refractivity contribution < 1.29 is 23.9 Å². The molecule has 1 aliphatic heterocycles. The van der Waals surface area contributed by atoms with Crippen molar-refractivity contribution in [3.05, 3.63) is 64.2 Å². The Labute approximate surface area is 172 Å². The highest BCUT2D eigenvalue weighted by Crippen LogP contribution is 2.33. The highest BCUT2D eigenvalue weighted by atomic mass is 35.5. The van der Waals surface area contributed by atoms with Gasteiger partial charge in [0.1, 0.15) is 0 Å². The fourth-order valence-corrected chi connectivity index (χ4v) is 3.11. The number of carbonyl (C=O) groups excluding carboxylic acids is 4. The molecule has 0 bridgehead atoms. The topological polar surface area (TPSA) is 92.8 Å². The smallest absolute Gasteiger partial charge is 0.338 e. The van der Waals surface area contributed by atoms with Gasteiger partial charge in [0, 0.05) is 5.54 Å². The van der Waals surface area contributed by atoms with Crippen LogP contribution in [0.1, 0.15) is 51.8 Å². The van der Waals surface area contributed by atoms with Crippen LogP contribution >= 0.6 is 11.6 Å². The van der Waals surface area contributed by atoms with E-state index in [0.29, 0.717) is 0 Å². The van der Waals surface area contributed by atoms with Crippen LogP contribution in [0.3, 0.4) is 0 Å². The summed E-state index contributed by atoms with van der Waals surface area (Å²) < 4.78 is 5.01. The second-order valence-corrected chi connectivity index (χ2v) is 7.94. The first-order valence-corrected chi connectivity index (χ1v) is 9.22. The van der Waals surface area contributed by atoms with Crippen molar-refractivity contribution in [2.45, 2.75) is 26.3 Å². The molecule has 29 heavy (non-hydrogen) atoms. The molecular formula is C21H19ClN2O5. The monoisotopic (exact) mass is 414 g/mol. The molecule has 0 aliphatic carbocycles. The quantitative estimate of drug-likeness (QED) is 0.612. The standard InChI is InChI=1S/C21H19ClN2O5/c1-21(2,3)23-17(25)11-29-20(28)12-8-9-13-14(10-12)19(27)24(18(13)26)16-7-5-4-6-15(16)22/h4-10H,11H2,1-3H3,(H,23,25). The van der Waals surface area contributed by atoms with Crippen LogP contribution < -0.4 is 10.2 Å². The van der Waals surface area contributed by atoms with Crippen LogP contribution in [-0.2, 0) is 9.53 Å². The lowest BCUT2D eigenvalue weighted by atomic mass is 10.1. The third-order valence-corrected chi connectivity index (χ3v) is 4.38. The van der Waals surface area contributed by atoms with Crippen molar-refractivity contribution in [1.29, 1.82) is 0 Å². The number of benzene rings is 2. The van der Waals surface area contributed by atoms with Crippen LogP contribution in [0.5, 0.6) is 0 Å². The number of hydrogen-bond acceptors (Lipinski definition) is 5. The Morgan fingerprint density at radius 2 is 1.69 bits per heavy atom. The average molecular weight is 415 g/mol. The van der Waals surface area contributed by atoms with Gasteiger partial charge in [0.05, 0.1) is 27.4 Å². The minimum atomic E-state index is -0.770. The zero-order valence-corrected chi connectivity index (χ0v) is 16.9. The van der Waals surface area contributed by atoms with E-state index >= 15 is 0 Å². The van der Waals surface area contributed by atoms with Crippen molar-refractivity contribution in [3.63, 3.8) is 0 Å². The number of hydrogen-bond donors (Lipinski definition) is 1. The number of esters is 1. The summed E-state index contributed by atoms with van der Waals surface area (Å²) in [5.41, 5.74) is 0.115. The summed E-state index contributed by atoms with van der Waals surface area (Å²) >= 11 is 6.12. The van der Waals surface area contributed by atoms with E-state index in [0.717, 1.165) is 4.90 Å². The van der Waals surface area contributed by atoms with E-state index in [9.17, 15) is 19.2 Å². The van der Waals surface area contributed by atoms with Gasteiger partial charge < -0.3 is 10.1 Å². The number of halogens is 1. The lowest BCUT2D eigenvalue weighted by molar-refractivity contribution is -0.125. The van der Waals surface area contributed by atoms with Gasteiger partial charge in [-0.25, -0.2) is 9.69 Å². The predicted octanol–water partition coefficient (Wildman–Crippen LogP) is 3.21. The summed E-state index contributed by atoms with van der Waals surface area (Å²) in [5, 5.41) is 2.93. The fraction of sp³-hybridized carbons (Fsp3) is 0.238. The van der Waals surface area contributed by atoms with Gasteiger partial charge in [0.2, 0.25) is 0 Å².